The number of carbonyl (C=O) groups excluding carboxylic acids is 1. The van der Waals surface area contributed by atoms with Gasteiger partial charge < -0.3 is 18.9 Å². The first kappa shape index (κ1) is 18.6. The van der Waals surface area contributed by atoms with Crippen molar-refractivity contribution >= 4 is 6.16 Å². The van der Waals surface area contributed by atoms with Gasteiger partial charge in [-0.2, -0.15) is 0 Å². The molecular weight excluding hydrogens is 327 g/mol. The number of carbonyl (C=O) groups is 1. The maximum atomic E-state index is 14.1. The molecule has 0 unspecified atom stereocenters. The Hall–Kier alpha value is -2.76. The predicted octanol–water partition coefficient (Wildman–Crippen LogP) is 4.57. The molecule has 0 radical (unpaired) electrons. The summed E-state index contributed by atoms with van der Waals surface area (Å²) in [5.41, 5.74) is 2.25. The minimum atomic E-state index is -0.854. The summed E-state index contributed by atoms with van der Waals surface area (Å²) in [7, 11) is 1.22. The molecule has 6 heteroatoms. The van der Waals surface area contributed by atoms with E-state index in [1.54, 1.807) is 24.3 Å². The van der Waals surface area contributed by atoms with Crippen molar-refractivity contribution in [1.82, 2.24) is 0 Å². The van der Waals surface area contributed by atoms with Crippen LogP contribution in [0.4, 0.5) is 9.18 Å². The van der Waals surface area contributed by atoms with E-state index in [2.05, 4.69) is 4.74 Å². The molecule has 0 aliphatic rings. The van der Waals surface area contributed by atoms with E-state index in [0.717, 1.165) is 11.1 Å². The Bertz CT molecular complexity index is 758. The summed E-state index contributed by atoms with van der Waals surface area (Å²) in [6.45, 7) is 5.94. The summed E-state index contributed by atoms with van der Waals surface area (Å²) in [6.07, 6.45) is -0.854. The largest absolute Gasteiger partial charge is 0.513 e. The second-order valence-electron chi connectivity index (χ2n) is 5.38. The van der Waals surface area contributed by atoms with E-state index in [1.165, 1.54) is 13.2 Å². The Kier molecular flexibility index (Phi) is 6.22. The number of aryl methyl sites for hydroxylation is 2. The molecule has 0 bridgehead atoms. The van der Waals surface area contributed by atoms with Gasteiger partial charge in [0.25, 0.3) is 0 Å². The van der Waals surface area contributed by atoms with Gasteiger partial charge in [0.1, 0.15) is 18.1 Å². The molecule has 0 aliphatic carbocycles. The molecule has 2 aromatic carbocycles. The van der Waals surface area contributed by atoms with Crippen molar-refractivity contribution in [2.75, 3.05) is 13.7 Å². The van der Waals surface area contributed by atoms with Crippen molar-refractivity contribution in [2.45, 2.75) is 27.4 Å². The Labute approximate surface area is 146 Å². The zero-order chi connectivity index (χ0) is 18.4. The lowest BCUT2D eigenvalue weighted by atomic mass is 10.1. The van der Waals surface area contributed by atoms with Gasteiger partial charge in [-0.1, -0.05) is 6.07 Å². The van der Waals surface area contributed by atoms with E-state index in [0.29, 0.717) is 17.9 Å². The van der Waals surface area contributed by atoms with Gasteiger partial charge in [0.15, 0.2) is 11.6 Å². The first-order valence-corrected chi connectivity index (χ1v) is 7.86. The van der Waals surface area contributed by atoms with Crippen LogP contribution in [0.15, 0.2) is 30.3 Å². The maximum Gasteiger partial charge on any atom is 0.513 e. The number of ether oxygens (including phenoxy) is 4. The van der Waals surface area contributed by atoms with E-state index in [-0.39, 0.29) is 18.1 Å². The predicted molar refractivity (Wildman–Crippen MR) is 90.9 cm³/mol. The van der Waals surface area contributed by atoms with Gasteiger partial charge in [-0.15, -0.1) is 0 Å². The van der Waals surface area contributed by atoms with Crippen LogP contribution in [0, 0.1) is 19.7 Å². The summed E-state index contributed by atoms with van der Waals surface area (Å²) >= 11 is 0. The molecule has 0 atom stereocenters. The number of rotatable bonds is 6. The minimum Gasteiger partial charge on any atom is -0.493 e. The lowest BCUT2D eigenvalue weighted by molar-refractivity contribution is 0.120. The average molecular weight is 348 g/mol. The molecule has 0 fully saturated rings. The molecule has 0 heterocycles. The van der Waals surface area contributed by atoms with E-state index >= 15 is 0 Å². The monoisotopic (exact) mass is 348 g/mol. The Morgan fingerprint density at radius 3 is 2.40 bits per heavy atom. The van der Waals surface area contributed by atoms with Crippen LogP contribution in [0.1, 0.15) is 23.6 Å². The number of methoxy groups -OCH3 is 1. The first-order chi connectivity index (χ1) is 12.0. The standard InChI is InChI=1S/C19H21FO5/c1-5-23-16-7-6-8-17(25-19(21)22-4)14(16)11-24-18-10-13(3)12(2)9-15(18)20/h6-10H,5,11H2,1-4H3. The fourth-order valence-corrected chi connectivity index (χ4v) is 2.22. The van der Waals surface area contributed by atoms with Gasteiger partial charge in [-0.3, -0.25) is 0 Å². The molecule has 2 rings (SSSR count). The SMILES string of the molecule is CCOc1cccc(OC(=O)OC)c1COc1cc(C)c(C)cc1F. The van der Waals surface area contributed by atoms with Gasteiger partial charge in [-0.05, 0) is 56.2 Å². The van der Waals surface area contributed by atoms with Crippen LogP contribution in [0.25, 0.3) is 0 Å². The topological polar surface area (TPSA) is 54.0 Å². The third-order valence-corrected chi connectivity index (χ3v) is 3.67. The summed E-state index contributed by atoms with van der Waals surface area (Å²) in [6, 6.07) is 8.06. The lowest BCUT2D eigenvalue weighted by Crippen LogP contribution is -2.11. The third-order valence-electron chi connectivity index (χ3n) is 3.67. The second-order valence-corrected chi connectivity index (χ2v) is 5.38. The van der Waals surface area contributed by atoms with Crippen molar-refractivity contribution in [3.8, 4) is 17.2 Å². The maximum absolute atomic E-state index is 14.1. The smallest absolute Gasteiger partial charge is 0.493 e. The van der Waals surface area contributed by atoms with Gasteiger partial charge >= 0.3 is 6.16 Å². The molecular formula is C19H21FO5. The molecule has 0 saturated carbocycles. The quantitative estimate of drug-likeness (QED) is 0.565. The molecule has 25 heavy (non-hydrogen) atoms. The molecule has 0 spiro atoms. The van der Waals surface area contributed by atoms with Gasteiger partial charge in [0.05, 0.1) is 19.3 Å². The highest BCUT2D eigenvalue weighted by atomic mass is 19.1. The van der Waals surface area contributed by atoms with Crippen LogP contribution < -0.4 is 14.2 Å². The highest BCUT2D eigenvalue weighted by Gasteiger charge is 2.16. The van der Waals surface area contributed by atoms with Crippen LogP contribution in [-0.2, 0) is 11.3 Å². The zero-order valence-electron chi connectivity index (χ0n) is 14.7. The molecule has 0 amide bonds. The van der Waals surface area contributed by atoms with E-state index in [1.807, 2.05) is 20.8 Å². The number of hydrogen-bond donors (Lipinski definition) is 0. The van der Waals surface area contributed by atoms with Crippen molar-refractivity contribution in [2.24, 2.45) is 0 Å². The van der Waals surface area contributed by atoms with Gasteiger partial charge in [-0.25, -0.2) is 9.18 Å². The zero-order valence-corrected chi connectivity index (χ0v) is 14.7. The van der Waals surface area contributed by atoms with Crippen LogP contribution in [0.5, 0.6) is 17.2 Å². The highest BCUT2D eigenvalue weighted by Crippen LogP contribution is 2.31. The van der Waals surface area contributed by atoms with E-state index in [9.17, 15) is 9.18 Å². The average Bonchev–Trinajstić information content (AvgIpc) is 2.58. The fourth-order valence-electron chi connectivity index (χ4n) is 2.22. The normalized spacial score (nSPS) is 10.3. The Morgan fingerprint density at radius 1 is 1.04 bits per heavy atom. The van der Waals surface area contributed by atoms with Gasteiger partial charge in [0, 0.05) is 0 Å². The summed E-state index contributed by atoms with van der Waals surface area (Å²) in [4.78, 5) is 11.4. The van der Waals surface area contributed by atoms with Crippen molar-refractivity contribution in [3.05, 3.63) is 52.8 Å². The summed E-state index contributed by atoms with van der Waals surface area (Å²) in [5, 5.41) is 0. The van der Waals surface area contributed by atoms with E-state index in [4.69, 9.17) is 14.2 Å². The molecule has 0 aliphatic heterocycles. The highest BCUT2D eigenvalue weighted by molar-refractivity contribution is 5.65. The van der Waals surface area contributed by atoms with Crippen molar-refractivity contribution < 1.29 is 28.1 Å². The van der Waals surface area contributed by atoms with E-state index < -0.39 is 12.0 Å². The first-order valence-electron chi connectivity index (χ1n) is 7.86. The van der Waals surface area contributed by atoms with Crippen molar-refractivity contribution in [3.63, 3.8) is 0 Å². The lowest BCUT2D eigenvalue weighted by Gasteiger charge is -2.16. The number of halogens is 1. The molecule has 0 N–H and O–H groups in total. The Morgan fingerprint density at radius 2 is 1.72 bits per heavy atom. The Balaban J connectivity index is 2.30. The number of hydrogen-bond acceptors (Lipinski definition) is 5. The third kappa shape index (κ3) is 4.62. The fraction of sp³-hybridized carbons (Fsp3) is 0.316. The van der Waals surface area contributed by atoms with Crippen LogP contribution in [0.2, 0.25) is 0 Å². The van der Waals surface area contributed by atoms with Gasteiger partial charge in [0.2, 0.25) is 0 Å². The molecule has 0 aromatic heterocycles. The van der Waals surface area contributed by atoms with Crippen LogP contribution in [-0.4, -0.2) is 19.9 Å². The van der Waals surface area contributed by atoms with Crippen LogP contribution in [0.3, 0.4) is 0 Å². The summed E-state index contributed by atoms with van der Waals surface area (Å²) in [5.74, 6) is 0.404. The van der Waals surface area contributed by atoms with Crippen molar-refractivity contribution in [1.29, 1.82) is 0 Å². The molecule has 134 valence electrons. The molecule has 2 aromatic rings. The summed E-state index contributed by atoms with van der Waals surface area (Å²) < 4.78 is 34.9. The van der Waals surface area contributed by atoms with Crippen LogP contribution >= 0.6 is 0 Å². The second kappa shape index (κ2) is 8.37. The number of benzene rings is 2. The molecule has 5 nitrogen and oxygen atoms in total. The molecule has 0 saturated heterocycles. The minimum absolute atomic E-state index is 0.0259.